The van der Waals surface area contributed by atoms with Crippen LogP contribution in [0, 0.1) is 0 Å². The maximum atomic E-state index is 13.0. The Labute approximate surface area is 67.6 Å². The molecule has 0 aliphatic rings. The van der Waals surface area contributed by atoms with Crippen LogP contribution in [0.2, 0.25) is 0 Å². The predicted octanol–water partition coefficient (Wildman–Crippen LogP) is 2.84. The third-order valence-corrected chi connectivity index (χ3v) is 1.40. The highest BCUT2D eigenvalue weighted by Crippen LogP contribution is 2.11. The SMILES string of the molecule is C/C=C\C(F)=C(\CC)COC. The van der Waals surface area contributed by atoms with Gasteiger partial charge in [0.2, 0.25) is 0 Å². The number of methoxy groups -OCH3 is 1. The molecule has 0 aliphatic carbocycles. The van der Waals surface area contributed by atoms with Crippen LogP contribution in [0.25, 0.3) is 0 Å². The summed E-state index contributed by atoms with van der Waals surface area (Å²) in [6.45, 7) is 4.09. The second-order valence-corrected chi connectivity index (χ2v) is 2.24. The van der Waals surface area contributed by atoms with Gasteiger partial charge < -0.3 is 4.74 Å². The zero-order chi connectivity index (χ0) is 8.69. The molecule has 0 N–H and O–H groups in total. The summed E-state index contributed by atoms with van der Waals surface area (Å²) in [6.07, 6.45) is 3.84. The van der Waals surface area contributed by atoms with Crippen LogP contribution in [-0.2, 0) is 4.74 Å². The topological polar surface area (TPSA) is 9.23 Å². The van der Waals surface area contributed by atoms with E-state index >= 15 is 0 Å². The fourth-order valence-electron chi connectivity index (χ4n) is 0.778. The highest BCUT2D eigenvalue weighted by atomic mass is 19.1. The minimum absolute atomic E-state index is 0.170. The van der Waals surface area contributed by atoms with E-state index in [2.05, 4.69) is 0 Å². The molecule has 0 spiro atoms. The van der Waals surface area contributed by atoms with Gasteiger partial charge >= 0.3 is 0 Å². The molecule has 0 aromatic carbocycles. The van der Waals surface area contributed by atoms with Gasteiger partial charge in [-0.2, -0.15) is 0 Å². The molecule has 0 radical (unpaired) electrons. The Morgan fingerprint density at radius 2 is 2.18 bits per heavy atom. The van der Waals surface area contributed by atoms with Crippen LogP contribution < -0.4 is 0 Å². The van der Waals surface area contributed by atoms with Gasteiger partial charge in [-0.1, -0.05) is 13.0 Å². The van der Waals surface area contributed by atoms with Gasteiger partial charge in [-0.15, -0.1) is 0 Å². The van der Waals surface area contributed by atoms with Crippen LogP contribution in [0.4, 0.5) is 4.39 Å². The molecule has 0 amide bonds. The number of hydrogen-bond donors (Lipinski definition) is 0. The van der Waals surface area contributed by atoms with Crippen molar-refractivity contribution in [3.05, 3.63) is 23.6 Å². The quantitative estimate of drug-likeness (QED) is 0.572. The Kier molecular flexibility index (Phi) is 5.75. The predicted molar refractivity (Wildman–Crippen MR) is 45.1 cm³/mol. The first-order valence-corrected chi connectivity index (χ1v) is 3.75. The van der Waals surface area contributed by atoms with Gasteiger partial charge in [0.1, 0.15) is 5.83 Å². The summed E-state index contributed by atoms with van der Waals surface area (Å²) in [6, 6.07) is 0. The summed E-state index contributed by atoms with van der Waals surface area (Å²) in [5, 5.41) is 0. The van der Waals surface area contributed by atoms with Gasteiger partial charge in [0.25, 0.3) is 0 Å². The first-order chi connectivity index (χ1) is 5.26. The van der Waals surface area contributed by atoms with E-state index in [1.807, 2.05) is 6.92 Å². The molecular weight excluding hydrogens is 143 g/mol. The second-order valence-electron chi connectivity index (χ2n) is 2.24. The molecule has 0 fully saturated rings. The molecule has 0 saturated carbocycles. The van der Waals surface area contributed by atoms with Crippen molar-refractivity contribution in [2.45, 2.75) is 20.3 Å². The van der Waals surface area contributed by atoms with Crippen molar-refractivity contribution in [2.24, 2.45) is 0 Å². The van der Waals surface area contributed by atoms with Gasteiger partial charge in [-0.05, 0) is 25.0 Å². The molecule has 0 aliphatic heterocycles. The van der Waals surface area contributed by atoms with Crippen LogP contribution in [0.15, 0.2) is 23.6 Å². The van der Waals surface area contributed by atoms with Crippen molar-refractivity contribution in [3.8, 4) is 0 Å². The fourth-order valence-corrected chi connectivity index (χ4v) is 0.778. The van der Waals surface area contributed by atoms with Crippen LogP contribution >= 0.6 is 0 Å². The molecule has 0 aromatic heterocycles. The average Bonchev–Trinajstić information content (AvgIpc) is 2.00. The molecule has 0 atom stereocenters. The Morgan fingerprint density at radius 3 is 2.55 bits per heavy atom. The molecule has 11 heavy (non-hydrogen) atoms. The van der Waals surface area contributed by atoms with Gasteiger partial charge in [0.05, 0.1) is 6.61 Å². The summed E-state index contributed by atoms with van der Waals surface area (Å²) in [5.74, 6) is -0.170. The third-order valence-electron chi connectivity index (χ3n) is 1.40. The lowest BCUT2D eigenvalue weighted by molar-refractivity contribution is 0.221. The maximum Gasteiger partial charge on any atom is 0.124 e. The molecule has 0 aromatic rings. The minimum Gasteiger partial charge on any atom is -0.380 e. The highest BCUT2D eigenvalue weighted by Gasteiger charge is 1.99. The standard InChI is InChI=1S/C9H15FO/c1-4-6-9(10)8(5-2)7-11-3/h4,6H,5,7H2,1-3H3/b6-4-,9-8+. The number of hydrogen-bond acceptors (Lipinski definition) is 1. The van der Waals surface area contributed by atoms with Crippen LogP contribution in [0.3, 0.4) is 0 Å². The lowest BCUT2D eigenvalue weighted by atomic mass is 10.2. The van der Waals surface area contributed by atoms with Crippen molar-refractivity contribution in [1.82, 2.24) is 0 Å². The third kappa shape index (κ3) is 3.94. The summed E-state index contributed by atoms with van der Waals surface area (Å²) in [5.41, 5.74) is 0.714. The van der Waals surface area contributed by atoms with Crippen molar-refractivity contribution in [3.63, 3.8) is 0 Å². The van der Waals surface area contributed by atoms with Crippen molar-refractivity contribution >= 4 is 0 Å². The van der Waals surface area contributed by atoms with Crippen molar-refractivity contribution in [1.29, 1.82) is 0 Å². The van der Waals surface area contributed by atoms with Crippen molar-refractivity contribution < 1.29 is 9.13 Å². The smallest absolute Gasteiger partial charge is 0.124 e. The largest absolute Gasteiger partial charge is 0.380 e. The van der Waals surface area contributed by atoms with E-state index in [1.54, 1.807) is 20.1 Å². The Balaban J connectivity index is 4.26. The lowest BCUT2D eigenvalue weighted by Crippen LogP contribution is -1.94. The van der Waals surface area contributed by atoms with Gasteiger partial charge in [-0.3, -0.25) is 0 Å². The van der Waals surface area contributed by atoms with Crippen molar-refractivity contribution in [2.75, 3.05) is 13.7 Å². The normalized spacial score (nSPS) is 13.8. The summed E-state index contributed by atoms with van der Waals surface area (Å²) < 4.78 is 17.8. The zero-order valence-corrected chi connectivity index (χ0v) is 7.36. The van der Waals surface area contributed by atoms with E-state index in [-0.39, 0.29) is 5.83 Å². The lowest BCUT2D eigenvalue weighted by Gasteiger charge is -2.02. The number of ether oxygens (including phenoxy) is 1. The number of halogens is 1. The highest BCUT2D eigenvalue weighted by molar-refractivity contribution is 5.19. The van der Waals surface area contributed by atoms with Crippen LogP contribution in [0.5, 0.6) is 0 Å². The summed E-state index contributed by atoms with van der Waals surface area (Å²) >= 11 is 0. The van der Waals surface area contributed by atoms with Gasteiger partial charge in [0, 0.05) is 7.11 Å². The molecule has 1 nitrogen and oxygen atoms in total. The Morgan fingerprint density at radius 1 is 1.55 bits per heavy atom. The van der Waals surface area contributed by atoms with Gasteiger partial charge in [0.15, 0.2) is 0 Å². The van der Waals surface area contributed by atoms with Crippen LogP contribution in [0.1, 0.15) is 20.3 Å². The molecular formula is C9H15FO. The minimum atomic E-state index is -0.170. The van der Waals surface area contributed by atoms with E-state index in [1.165, 1.54) is 6.08 Å². The fraction of sp³-hybridized carbons (Fsp3) is 0.556. The van der Waals surface area contributed by atoms with E-state index in [4.69, 9.17) is 4.74 Å². The Hall–Kier alpha value is -0.630. The molecule has 0 saturated heterocycles. The molecule has 0 heterocycles. The first kappa shape index (κ1) is 10.4. The maximum absolute atomic E-state index is 13.0. The summed E-state index contributed by atoms with van der Waals surface area (Å²) in [7, 11) is 1.57. The molecule has 0 unspecified atom stereocenters. The summed E-state index contributed by atoms with van der Waals surface area (Å²) in [4.78, 5) is 0. The molecule has 2 heteroatoms. The van der Waals surface area contributed by atoms with E-state index in [0.29, 0.717) is 18.6 Å². The zero-order valence-electron chi connectivity index (χ0n) is 7.36. The average molecular weight is 158 g/mol. The van der Waals surface area contributed by atoms with Crippen LogP contribution in [-0.4, -0.2) is 13.7 Å². The molecule has 0 bridgehead atoms. The van der Waals surface area contributed by atoms with Gasteiger partial charge in [-0.25, -0.2) is 4.39 Å². The molecule has 64 valence electrons. The first-order valence-electron chi connectivity index (χ1n) is 3.75. The van der Waals surface area contributed by atoms with E-state index in [9.17, 15) is 4.39 Å². The number of allylic oxidation sites excluding steroid dienone is 3. The van der Waals surface area contributed by atoms with E-state index in [0.717, 1.165) is 0 Å². The monoisotopic (exact) mass is 158 g/mol. The second kappa shape index (κ2) is 6.10. The number of rotatable bonds is 4. The van der Waals surface area contributed by atoms with E-state index < -0.39 is 0 Å². The Bertz CT molecular complexity index is 159. The molecule has 0 rings (SSSR count).